The van der Waals surface area contributed by atoms with Crippen LogP contribution in [-0.2, 0) is 14.3 Å². The number of rotatable bonds is 5. The summed E-state index contributed by atoms with van der Waals surface area (Å²) in [6.07, 6.45) is 9.27. The Balaban J connectivity index is 1.52. The minimum absolute atomic E-state index is 0.107. The van der Waals surface area contributed by atoms with Gasteiger partial charge in [-0.3, -0.25) is 14.7 Å². The van der Waals surface area contributed by atoms with Gasteiger partial charge in [-0.05, 0) is 63.9 Å². The summed E-state index contributed by atoms with van der Waals surface area (Å²) < 4.78 is 11.8. The Kier molecular flexibility index (Phi) is 10.0. The van der Waals surface area contributed by atoms with E-state index in [-0.39, 0.29) is 37.1 Å². The summed E-state index contributed by atoms with van der Waals surface area (Å²) in [6.45, 7) is 8.90. The summed E-state index contributed by atoms with van der Waals surface area (Å²) in [5.41, 5.74) is 0.346. The lowest BCUT2D eigenvalue weighted by Crippen LogP contribution is -2.50. The van der Waals surface area contributed by atoms with Gasteiger partial charge in [-0.2, -0.15) is 0 Å². The van der Waals surface area contributed by atoms with Crippen LogP contribution in [0.25, 0.3) is 0 Å². The number of likely N-dealkylation sites (N-methyl/N-ethyl adjacent to an activating group) is 1. The molecule has 0 spiro atoms. The van der Waals surface area contributed by atoms with Gasteiger partial charge >= 0.3 is 12.1 Å². The van der Waals surface area contributed by atoms with Crippen LogP contribution in [0.3, 0.4) is 0 Å². The molecule has 0 aromatic carbocycles. The Labute approximate surface area is 243 Å². The maximum atomic E-state index is 13.2. The van der Waals surface area contributed by atoms with Crippen molar-refractivity contribution in [2.24, 2.45) is 5.92 Å². The van der Waals surface area contributed by atoms with Crippen molar-refractivity contribution in [3.8, 4) is 0 Å². The molecule has 0 unspecified atom stereocenters. The number of carbonyl (C=O) groups excluding carboxylic acids is 2. The van der Waals surface area contributed by atoms with Crippen LogP contribution in [0.15, 0.2) is 60.3 Å². The summed E-state index contributed by atoms with van der Waals surface area (Å²) in [4.78, 5) is 34.4. The number of likely N-dealkylation sites (tertiary alicyclic amines) is 2. The van der Waals surface area contributed by atoms with Crippen LogP contribution in [-0.4, -0.2) is 93.2 Å². The van der Waals surface area contributed by atoms with E-state index in [0.717, 1.165) is 24.2 Å². The Morgan fingerprint density at radius 1 is 1.27 bits per heavy atom. The molecule has 1 amide bonds. The standard InChI is InChI=1S/C32H45N3O6/c1-21(27-11-6-7-16-33-27)9-8-10-22(2)30-23(3)12-13-28(32(4,39)15-14-26(36)18-29(37)41-30)40-31(38)35-20-24-17-25(35)19-34(24)5/h6-13,16,21,23-26,28,30,36,39H,14-15,17-20H2,1-5H3/b9-8+,13-12+,22-10+/t21-,23+,24+,25+,26-,28+,30-,32-/m1/s1. The second-order valence-corrected chi connectivity index (χ2v) is 12.2. The second-order valence-electron chi connectivity index (χ2n) is 12.2. The van der Waals surface area contributed by atoms with Gasteiger partial charge in [-0.25, -0.2) is 4.79 Å². The zero-order chi connectivity index (χ0) is 29.7. The third kappa shape index (κ3) is 7.84. The van der Waals surface area contributed by atoms with E-state index in [0.29, 0.717) is 12.6 Å². The first-order valence-corrected chi connectivity index (χ1v) is 14.7. The number of ether oxygens (including phenoxy) is 2. The lowest BCUT2D eigenvalue weighted by molar-refractivity contribution is -0.151. The predicted octanol–water partition coefficient (Wildman–Crippen LogP) is 3.98. The molecule has 0 radical (unpaired) electrons. The molecule has 4 heterocycles. The first-order chi connectivity index (χ1) is 19.4. The lowest BCUT2D eigenvalue weighted by atomic mass is 9.88. The number of esters is 1. The molecule has 2 saturated heterocycles. The number of amides is 1. The molecule has 2 bridgehead atoms. The number of carbonyl (C=O) groups is 2. The molecule has 41 heavy (non-hydrogen) atoms. The quantitative estimate of drug-likeness (QED) is 0.312. The van der Waals surface area contributed by atoms with E-state index in [2.05, 4.69) is 23.9 Å². The zero-order valence-electron chi connectivity index (χ0n) is 24.8. The van der Waals surface area contributed by atoms with E-state index in [1.807, 2.05) is 56.4 Å². The molecule has 3 aliphatic heterocycles. The number of allylic oxidation sites excluding steroid dienone is 3. The van der Waals surface area contributed by atoms with Crippen LogP contribution in [0.5, 0.6) is 0 Å². The minimum Gasteiger partial charge on any atom is -0.457 e. The van der Waals surface area contributed by atoms with Gasteiger partial charge in [0, 0.05) is 48.9 Å². The fraction of sp³-hybridized carbons (Fsp3) is 0.594. The van der Waals surface area contributed by atoms with Gasteiger partial charge in [0.15, 0.2) is 6.10 Å². The van der Waals surface area contributed by atoms with Crippen LogP contribution in [0, 0.1) is 5.92 Å². The van der Waals surface area contributed by atoms with Gasteiger partial charge in [-0.15, -0.1) is 0 Å². The van der Waals surface area contributed by atoms with Gasteiger partial charge < -0.3 is 24.6 Å². The van der Waals surface area contributed by atoms with Crippen molar-refractivity contribution in [3.05, 3.63) is 66.0 Å². The van der Waals surface area contributed by atoms with Gasteiger partial charge in [-0.1, -0.05) is 44.2 Å². The van der Waals surface area contributed by atoms with Crippen molar-refractivity contribution < 1.29 is 29.3 Å². The number of aliphatic hydroxyl groups is 2. The molecule has 4 rings (SSSR count). The first-order valence-electron chi connectivity index (χ1n) is 14.7. The molecule has 0 aliphatic carbocycles. The number of nitrogens with zero attached hydrogens (tertiary/aromatic N) is 3. The van der Waals surface area contributed by atoms with E-state index in [1.165, 1.54) is 0 Å². The van der Waals surface area contributed by atoms with E-state index in [4.69, 9.17) is 9.47 Å². The SMILES string of the molecule is C/C(=C\C=C\[C@@H](C)c1ccccn1)[C@H]1OC(=O)C[C@H](O)CC[C@@](C)(O)[C@@H](OC(=O)N2C[C@@H]3C[C@H]2CN3C)/C=C/[C@@H]1C. The Hall–Kier alpha value is -3.01. The molecular formula is C32H45N3O6. The summed E-state index contributed by atoms with van der Waals surface area (Å²) in [5, 5.41) is 21.9. The Morgan fingerprint density at radius 3 is 2.71 bits per heavy atom. The second kappa shape index (κ2) is 13.3. The van der Waals surface area contributed by atoms with Crippen molar-refractivity contribution in [2.75, 3.05) is 20.1 Å². The molecule has 8 atom stereocenters. The smallest absolute Gasteiger partial charge is 0.410 e. The van der Waals surface area contributed by atoms with Gasteiger partial charge in [0.1, 0.15) is 11.7 Å². The third-order valence-corrected chi connectivity index (χ3v) is 8.66. The molecule has 224 valence electrons. The van der Waals surface area contributed by atoms with Crippen LogP contribution < -0.4 is 0 Å². The highest BCUT2D eigenvalue weighted by molar-refractivity contribution is 5.70. The van der Waals surface area contributed by atoms with E-state index < -0.39 is 36.0 Å². The number of fused-ring (bicyclic) bond motifs is 2. The first kappa shape index (κ1) is 30.9. The molecular weight excluding hydrogens is 522 g/mol. The number of cyclic esters (lactones) is 1. The van der Waals surface area contributed by atoms with E-state index in [1.54, 1.807) is 24.1 Å². The lowest BCUT2D eigenvalue weighted by Gasteiger charge is -2.36. The molecule has 1 aromatic heterocycles. The largest absolute Gasteiger partial charge is 0.457 e. The maximum absolute atomic E-state index is 13.2. The molecule has 1 aromatic rings. The Morgan fingerprint density at radius 2 is 2.05 bits per heavy atom. The van der Waals surface area contributed by atoms with Gasteiger partial charge in [0.25, 0.3) is 0 Å². The third-order valence-electron chi connectivity index (χ3n) is 8.66. The zero-order valence-corrected chi connectivity index (χ0v) is 24.8. The Bertz CT molecular complexity index is 1150. The normalized spacial score (nSPS) is 35.0. The van der Waals surface area contributed by atoms with Crippen molar-refractivity contribution in [3.63, 3.8) is 0 Å². The summed E-state index contributed by atoms with van der Waals surface area (Å²) in [5.74, 6) is -0.684. The number of hydrogen-bond acceptors (Lipinski definition) is 8. The van der Waals surface area contributed by atoms with Crippen molar-refractivity contribution in [1.29, 1.82) is 0 Å². The predicted molar refractivity (Wildman–Crippen MR) is 156 cm³/mol. The van der Waals surface area contributed by atoms with Crippen LogP contribution in [0.2, 0.25) is 0 Å². The number of aromatic nitrogens is 1. The molecule has 9 nitrogen and oxygen atoms in total. The number of pyridine rings is 1. The van der Waals surface area contributed by atoms with Gasteiger partial charge in [0.05, 0.1) is 12.5 Å². The number of piperazine rings is 1. The van der Waals surface area contributed by atoms with Crippen molar-refractivity contribution in [2.45, 2.75) is 95.3 Å². The van der Waals surface area contributed by atoms with Crippen molar-refractivity contribution in [1.82, 2.24) is 14.8 Å². The highest BCUT2D eigenvalue weighted by atomic mass is 16.6. The summed E-state index contributed by atoms with van der Waals surface area (Å²) >= 11 is 0. The summed E-state index contributed by atoms with van der Waals surface area (Å²) in [6, 6.07) is 6.26. The molecule has 9 heteroatoms. The van der Waals surface area contributed by atoms with Crippen LogP contribution in [0.4, 0.5) is 4.79 Å². The monoisotopic (exact) mass is 567 g/mol. The molecule has 3 aliphatic rings. The van der Waals surface area contributed by atoms with Crippen molar-refractivity contribution >= 4 is 12.1 Å². The molecule has 2 fully saturated rings. The van der Waals surface area contributed by atoms with Crippen LogP contribution >= 0.6 is 0 Å². The topological polar surface area (TPSA) is 112 Å². The van der Waals surface area contributed by atoms with E-state index >= 15 is 0 Å². The van der Waals surface area contributed by atoms with Crippen LogP contribution in [0.1, 0.15) is 65.0 Å². The van der Waals surface area contributed by atoms with Gasteiger partial charge in [0.2, 0.25) is 0 Å². The van der Waals surface area contributed by atoms with E-state index in [9.17, 15) is 19.8 Å². The average Bonchev–Trinajstić information content (AvgIpc) is 3.52. The number of aliphatic hydroxyl groups excluding tert-OH is 1. The molecule has 0 saturated carbocycles. The summed E-state index contributed by atoms with van der Waals surface area (Å²) in [7, 11) is 2.07. The minimum atomic E-state index is -1.43. The average molecular weight is 568 g/mol. The highest BCUT2D eigenvalue weighted by Gasteiger charge is 2.45. The maximum Gasteiger partial charge on any atom is 0.410 e. The number of hydrogen-bond donors (Lipinski definition) is 2. The fourth-order valence-corrected chi connectivity index (χ4v) is 5.93. The fourth-order valence-electron chi connectivity index (χ4n) is 5.93. The highest BCUT2D eigenvalue weighted by Crippen LogP contribution is 2.32. The molecule has 2 N–H and O–H groups in total.